The highest BCUT2D eigenvalue weighted by atomic mass is 32.2. The molecule has 0 bridgehead atoms. The summed E-state index contributed by atoms with van der Waals surface area (Å²) in [6.45, 7) is 3.60. The Kier molecular flexibility index (Phi) is 7.42. The molecule has 2 aromatic carbocycles. The Morgan fingerprint density at radius 2 is 1.71 bits per heavy atom. The number of sulfonamides is 1. The van der Waals surface area contributed by atoms with Gasteiger partial charge in [0, 0.05) is 7.05 Å². The van der Waals surface area contributed by atoms with Crippen LogP contribution in [0.2, 0.25) is 0 Å². The van der Waals surface area contributed by atoms with Crippen molar-refractivity contribution in [3.8, 4) is 11.5 Å². The number of ether oxygens (including phenoxy) is 2. The van der Waals surface area contributed by atoms with Gasteiger partial charge in [0.15, 0.2) is 11.5 Å². The fraction of sp³-hybridized carbons (Fsp3) is 0.350. The average molecular weight is 407 g/mol. The van der Waals surface area contributed by atoms with E-state index in [1.807, 2.05) is 19.1 Å². The van der Waals surface area contributed by atoms with Crippen LogP contribution in [-0.4, -0.2) is 52.0 Å². The van der Waals surface area contributed by atoms with E-state index in [1.54, 1.807) is 38.3 Å². The van der Waals surface area contributed by atoms with E-state index >= 15 is 0 Å². The SMILES string of the molecule is COc1ccccc1OCC(C)NC(=O)CN(C)S(=O)(=O)c1ccc(C)cc1. The van der Waals surface area contributed by atoms with Gasteiger partial charge < -0.3 is 14.8 Å². The normalized spacial score (nSPS) is 12.5. The Bertz CT molecular complexity index is 897. The maximum atomic E-state index is 12.6. The zero-order valence-electron chi connectivity index (χ0n) is 16.5. The van der Waals surface area contributed by atoms with E-state index in [0.29, 0.717) is 11.5 Å². The lowest BCUT2D eigenvalue weighted by atomic mass is 10.2. The van der Waals surface area contributed by atoms with Gasteiger partial charge in [0.25, 0.3) is 0 Å². The smallest absolute Gasteiger partial charge is 0.243 e. The minimum Gasteiger partial charge on any atom is -0.493 e. The number of hydrogen-bond acceptors (Lipinski definition) is 5. The minimum atomic E-state index is -3.73. The topological polar surface area (TPSA) is 84.9 Å². The summed E-state index contributed by atoms with van der Waals surface area (Å²) in [5.41, 5.74) is 0.961. The van der Waals surface area contributed by atoms with Gasteiger partial charge in [-0.3, -0.25) is 4.79 Å². The van der Waals surface area contributed by atoms with Crippen LogP contribution in [0.15, 0.2) is 53.4 Å². The van der Waals surface area contributed by atoms with Crippen molar-refractivity contribution in [3.63, 3.8) is 0 Å². The first-order chi connectivity index (χ1) is 13.2. The lowest BCUT2D eigenvalue weighted by Gasteiger charge is -2.20. The van der Waals surface area contributed by atoms with Crippen LogP contribution in [0.4, 0.5) is 0 Å². The number of benzene rings is 2. The van der Waals surface area contributed by atoms with Gasteiger partial charge in [0.05, 0.1) is 24.6 Å². The number of carbonyl (C=O) groups is 1. The lowest BCUT2D eigenvalue weighted by molar-refractivity contribution is -0.121. The molecule has 7 nitrogen and oxygen atoms in total. The number of rotatable bonds is 9. The van der Waals surface area contributed by atoms with Crippen molar-refractivity contribution < 1.29 is 22.7 Å². The van der Waals surface area contributed by atoms with Crippen molar-refractivity contribution in [2.75, 3.05) is 27.3 Å². The molecule has 0 aliphatic heterocycles. The highest BCUT2D eigenvalue weighted by molar-refractivity contribution is 7.89. The summed E-state index contributed by atoms with van der Waals surface area (Å²) in [5.74, 6) is 0.768. The Labute approximate surface area is 166 Å². The van der Waals surface area contributed by atoms with Crippen LogP contribution in [0.5, 0.6) is 11.5 Å². The molecular formula is C20H26N2O5S. The number of hydrogen-bond donors (Lipinski definition) is 1. The molecule has 28 heavy (non-hydrogen) atoms. The first kappa shape index (κ1) is 21.7. The predicted octanol–water partition coefficient (Wildman–Crippen LogP) is 2.21. The third-order valence-corrected chi connectivity index (χ3v) is 5.88. The molecule has 0 heterocycles. The largest absolute Gasteiger partial charge is 0.493 e. The van der Waals surface area contributed by atoms with E-state index in [1.165, 1.54) is 19.2 Å². The Hall–Kier alpha value is -2.58. The number of amides is 1. The number of para-hydroxylation sites is 2. The summed E-state index contributed by atoms with van der Waals surface area (Å²) in [6, 6.07) is 13.4. The molecule has 1 amide bonds. The molecule has 1 atom stereocenters. The van der Waals surface area contributed by atoms with Crippen LogP contribution < -0.4 is 14.8 Å². The quantitative estimate of drug-likeness (QED) is 0.690. The summed E-state index contributed by atoms with van der Waals surface area (Å²) in [5, 5.41) is 2.74. The number of carbonyl (C=O) groups excluding carboxylic acids is 1. The first-order valence-electron chi connectivity index (χ1n) is 8.82. The highest BCUT2D eigenvalue weighted by Crippen LogP contribution is 2.25. The molecule has 0 saturated heterocycles. The molecule has 0 saturated carbocycles. The zero-order chi connectivity index (χ0) is 20.7. The van der Waals surface area contributed by atoms with Gasteiger partial charge in [-0.15, -0.1) is 0 Å². The average Bonchev–Trinajstić information content (AvgIpc) is 2.66. The van der Waals surface area contributed by atoms with Crippen molar-refractivity contribution >= 4 is 15.9 Å². The van der Waals surface area contributed by atoms with E-state index in [0.717, 1.165) is 9.87 Å². The number of likely N-dealkylation sites (N-methyl/N-ethyl adjacent to an activating group) is 1. The number of nitrogens with one attached hydrogen (secondary N) is 1. The first-order valence-corrected chi connectivity index (χ1v) is 10.3. The molecule has 0 aliphatic rings. The van der Waals surface area contributed by atoms with Crippen LogP contribution in [-0.2, 0) is 14.8 Å². The molecule has 1 N–H and O–H groups in total. The maximum absolute atomic E-state index is 12.6. The monoisotopic (exact) mass is 406 g/mol. The van der Waals surface area contributed by atoms with Gasteiger partial charge in [-0.05, 0) is 38.1 Å². The number of methoxy groups -OCH3 is 1. The second kappa shape index (κ2) is 9.57. The molecule has 2 aromatic rings. The van der Waals surface area contributed by atoms with Crippen LogP contribution >= 0.6 is 0 Å². The van der Waals surface area contributed by atoms with Crippen LogP contribution in [0.25, 0.3) is 0 Å². The number of nitrogens with zero attached hydrogens (tertiary/aromatic N) is 1. The van der Waals surface area contributed by atoms with Gasteiger partial charge in [-0.25, -0.2) is 8.42 Å². The molecule has 2 rings (SSSR count). The van der Waals surface area contributed by atoms with Crippen molar-refractivity contribution in [1.82, 2.24) is 9.62 Å². The third-order valence-electron chi connectivity index (χ3n) is 4.06. The zero-order valence-corrected chi connectivity index (χ0v) is 17.3. The van der Waals surface area contributed by atoms with Crippen LogP contribution in [0, 0.1) is 6.92 Å². The van der Waals surface area contributed by atoms with Gasteiger partial charge in [-0.2, -0.15) is 4.31 Å². The fourth-order valence-electron chi connectivity index (χ4n) is 2.49. The van der Waals surface area contributed by atoms with Gasteiger partial charge in [-0.1, -0.05) is 29.8 Å². The Morgan fingerprint density at radius 1 is 1.11 bits per heavy atom. The van der Waals surface area contributed by atoms with Crippen LogP contribution in [0.1, 0.15) is 12.5 Å². The Morgan fingerprint density at radius 3 is 2.32 bits per heavy atom. The molecule has 0 radical (unpaired) electrons. The van der Waals surface area contributed by atoms with E-state index in [4.69, 9.17) is 9.47 Å². The van der Waals surface area contributed by atoms with Gasteiger partial charge in [0.1, 0.15) is 6.61 Å². The number of aryl methyl sites for hydroxylation is 1. The molecular weight excluding hydrogens is 380 g/mol. The molecule has 0 aromatic heterocycles. The summed E-state index contributed by atoms with van der Waals surface area (Å²) < 4.78 is 37.0. The summed E-state index contributed by atoms with van der Waals surface area (Å²) in [7, 11) is -0.793. The molecule has 0 aliphatic carbocycles. The van der Waals surface area contributed by atoms with Gasteiger partial charge in [0.2, 0.25) is 15.9 Å². The van der Waals surface area contributed by atoms with Crippen LogP contribution in [0.3, 0.4) is 0 Å². The van der Waals surface area contributed by atoms with E-state index in [2.05, 4.69) is 5.32 Å². The second-order valence-electron chi connectivity index (χ2n) is 6.50. The summed E-state index contributed by atoms with van der Waals surface area (Å²) in [4.78, 5) is 12.4. The summed E-state index contributed by atoms with van der Waals surface area (Å²) in [6.07, 6.45) is 0. The van der Waals surface area contributed by atoms with Crippen molar-refractivity contribution in [3.05, 3.63) is 54.1 Å². The molecule has 0 fully saturated rings. The molecule has 152 valence electrons. The van der Waals surface area contributed by atoms with E-state index < -0.39 is 15.9 Å². The van der Waals surface area contributed by atoms with Crippen molar-refractivity contribution in [2.45, 2.75) is 24.8 Å². The predicted molar refractivity (Wildman–Crippen MR) is 107 cm³/mol. The van der Waals surface area contributed by atoms with E-state index in [9.17, 15) is 13.2 Å². The molecule has 8 heteroatoms. The fourth-order valence-corrected chi connectivity index (χ4v) is 3.62. The molecule has 1 unspecified atom stereocenters. The van der Waals surface area contributed by atoms with Gasteiger partial charge >= 0.3 is 0 Å². The second-order valence-corrected chi connectivity index (χ2v) is 8.55. The van der Waals surface area contributed by atoms with Crippen molar-refractivity contribution in [1.29, 1.82) is 0 Å². The van der Waals surface area contributed by atoms with Crippen molar-refractivity contribution in [2.24, 2.45) is 0 Å². The third kappa shape index (κ3) is 5.71. The highest BCUT2D eigenvalue weighted by Gasteiger charge is 2.23. The summed E-state index contributed by atoms with van der Waals surface area (Å²) >= 11 is 0. The van der Waals surface area contributed by atoms with E-state index in [-0.39, 0.29) is 24.1 Å². The molecule has 0 spiro atoms. The minimum absolute atomic E-state index is 0.154. The Balaban J connectivity index is 1.89. The standard InChI is InChI=1S/C20H26N2O5S/c1-15-9-11-17(12-10-15)28(24,25)22(3)13-20(23)21-16(2)14-27-19-8-6-5-7-18(19)26-4/h5-12,16H,13-14H2,1-4H3,(H,21,23). The lowest BCUT2D eigenvalue weighted by Crippen LogP contribution is -2.43. The maximum Gasteiger partial charge on any atom is 0.243 e.